The van der Waals surface area contributed by atoms with Gasteiger partial charge >= 0.3 is 0 Å². The molecule has 0 bridgehead atoms. The standard InChI is InChI=1S/C16H20N2O5/c1-10-17-11(9-23-10)5-6-15(19)18-12-7-13(20-2)16(22-4)14(8-12)21-3/h7-9H,5-6H2,1-4H3,(H,18,19). The molecule has 1 aromatic carbocycles. The second kappa shape index (κ2) is 7.53. The van der Waals surface area contributed by atoms with Crippen LogP contribution in [0.25, 0.3) is 0 Å². The van der Waals surface area contributed by atoms with Crippen molar-refractivity contribution in [1.29, 1.82) is 0 Å². The molecule has 0 spiro atoms. The highest BCUT2D eigenvalue weighted by Crippen LogP contribution is 2.39. The van der Waals surface area contributed by atoms with Gasteiger partial charge in [-0.3, -0.25) is 4.79 Å². The van der Waals surface area contributed by atoms with Crippen molar-refractivity contribution in [2.24, 2.45) is 0 Å². The Morgan fingerprint density at radius 3 is 2.30 bits per heavy atom. The fourth-order valence-corrected chi connectivity index (χ4v) is 2.14. The molecule has 124 valence electrons. The van der Waals surface area contributed by atoms with E-state index < -0.39 is 0 Å². The van der Waals surface area contributed by atoms with Crippen LogP contribution in [-0.4, -0.2) is 32.2 Å². The average Bonchev–Trinajstić information content (AvgIpc) is 2.97. The second-order valence-electron chi connectivity index (χ2n) is 4.82. The van der Waals surface area contributed by atoms with Crippen LogP contribution in [0.5, 0.6) is 17.2 Å². The third-order valence-corrected chi connectivity index (χ3v) is 3.22. The molecule has 0 aliphatic rings. The number of hydrogen-bond donors (Lipinski definition) is 1. The van der Waals surface area contributed by atoms with Crippen molar-refractivity contribution in [3.63, 3.8) is 0 Å². The Bertz CT molecular complexity index is 656. The number of aryl methyl sites for hydroxylation is 2. The summed E-state index contributed by atoms with van der Waals surface area (Å²) < 4.78 is 20.9. The van der Waals surface area contributed by atoms with E-state index in [1.807, 2.05) is 0 Å². The van der Waals surface area contributed by atoms with Crippen LogP contribution in [0.1, 0.15) is 18.0 Å². The predicted octanol–water partition coefficient (Wildman–Crippen LogP) is 2.58. The molecule has 0 aliphatic heterocycles. The Morgan fingerprint density at radius 1 is 1.17 bits per heavy atom. The van der Waals surface area contributed by atoms with Crippen molar-refractivity contribution in [3.05, 3.63) is 30.0 Å². The quantitative estimate of drug-likeness (QED) is 0.844. The van der Waals surface area contributed by atoms with Gasteiger partial charge < -0.3 is 23.9 Å². The van der Waals surface area contributed by atoms with Crippen LogP contribution in [0.4, 0.5) is 5.69 Å². The topological polar surface area (TPSA) is 82.8 Å². The molecule has 0 unspecified atom stereocenters. The first-order valence-corrected chi connectivity index (χ1v) is 7.08. The van der Waals surface area contributed by atoms with Crippen molar-refractivity contribution in [2.75, 3.05) is 26.6 Å². The van der Waals surface area contributed by atoms with Crippen LogP contribution < -0.4 is 19.5 Å². The summed E-state index contributed by atoms with van der Waals surface area (Å²) in [6.07, 6.45) is 2.36. The Balaban J connectivity index is 2.05. The molecule has 0 fully saturated rings. The van der Waals surface area contributed by atoms with Gasteiger partial charge in [-0.25, -0.2) is 4.98 Å². The number of amides is 1. The smallest absolute Gasteiger partial charge is 0.224 e. The minimum Gasteiger partial charge on any atom is -0.493 e. The van der Waals surface area contributed by atoms with E-state index in [9.17, 15) is 4.79 Å². The summed E-state index contributed by atoms with van der Waals surface area (Å²) in [6.45, 7) is 1.76. The van der Waals surface area contributed by atoms with E-state index in [0.29, 0.717) is 41.7 Å². The van der Waals surface area contributed by atoms with E-state index in [2.05, 4.69) is 10.3 Å². The third kappa shape index (κ3) is 4.15. The van der Waals surface area contributed by atoms with Gasteiger partial charge in [0.25, 0.3) is 0 Å². The minimum absolute atomic E-state index is 0.139. The highest BCUT2D eigenvalue weighted by Gasteiger charge is 2.14. The summed E-state index contributed by atoms with van der Waals surface area (Å²) in [7, 11) is 4.57. The SMILES string of the molecule is COc1cc(NC(=O)CCc2coc(C)n2)cc(OC)c1OC. The first-order valence-electron chi connectivity index (χ1n) is 7.08. The molecule has 0 radical (unpaired) electrons. The molecule has 2 rings (SSSR count). The molecule has 0 atom stereocenters. The maximum absolute atomic E-state index is 12.1. The van der Waals surface area contributed by atoms with E-state index in [4.69, 9.17) is 18.6 Å². The number of anilines is 1. The number of benzene rings is 1. The molecule has 1 aromatic heterocycles. The maximum atomic E-state index is 12.1. The first-order chi connectivity index (χ1) is 11.1. The molecule has 0 saturated carbocycles. The Kier molecular flexibility index (Phi) is 5.46. The minimum atomic E-state index is -0.139. The Hall–Kier alpha value is -2.70. The first kappa shape index (κ1) is 16.7. The lowest BCUT2D eigenvalue weighted by Crippen LogP contribution is -2.12. The number of aromatic nitrogens is 1. The zero-order chi connectivity index (χ0) is 16.8. The number of oxazole rings is 1. The van der Waals surface area contributed by atoms with Gasteiger partial charge in [0.15, 0.2) is 17.4 Å². The van der Waals surface area contributed by atoms with Gasteiger partial charge in [-0.1, -0.05) is 0 Å². The van der Waals surface area contributed by atoms with Crippen molar-refractivity contribution in [3.8, 4) is 17.2 Å². The fraction of sp³-hybridized carbons (Fsp3) is 0.375. The molecule has 1 N–H and O–H groups in total. The number of hydrogen-bond acceptors (Lipinski definition) is 6. The molecule has 2 aromatic rings. The summed E-state index contributed by atoms with van der Waals surface area (Å²) in [5, 5.41) is 2.81. The van der Waals surface area contributed by atoms with E-state index in [0.717, 1.165) is 5.69 Å². The number of nitrogens with one attached hydrogen (secondary N) is 1. The van der Waals surface area contributed by atoms with Gasteiger partial charge in [0.1, 0.15) is 6.26 Å². The van der Waals surface area contributed by atoms with Crippen molar-refractivity contribution in [2.45, 2.75) is 19.8 Å². The van der Waals surface area contributed by atoms with Crippen molar-refractivity contribution >= 4 is 11.6 Å². The normalized spacial score (nSPS) is 10.3. The van der Waals surface area contributed by atoms with E-state index >= 15 is 0 Å². The van der Waals surface area contributed by atoms with Gasteiger partial charge in [0.2, 0.25) is 11.7 Å². The molecular weight excluding hydrogens is 300 g/mol. The van der Waals surface area contributed by atoms with Gasteiger partial charge in [-0.2, -0.15) is 0 Å². The summed E-state index contributed by atoms with van der Waals surface area (Å²) in [5.41, 5.74) is 1.32. The Labute approximate surface area is 134 Å². The zero-order valence-corrected chi connectivity index (χ0v) is 13.6. The maximum Gasteiger partial charge on any atom is 0.224 e. The number of methoxy groups -OCH3 is 3. The van der Waals surface area contributed by atoms with Gasteiger partial charge in [-0.05, 0) is 0 Å². The molecule has 23 heavy (non-hydrogen) atoms. The van der Waals surface area contributed by atoms with Crippen LogP contribution in [0.3, 0.4) is 0 Å². The molecule has 0 aliphatic carbocycles. The lowest BCUT2D eigenvalue weighted by molar-refractivity contribution is -0.116. The number of nitrogens with zero attached hydrogens (tertiary/aromatic N) is 1. The molecular formula is C16H20N2O5. The largest absolute Gasteiger partial charge is 0.493 e. The zero-order valence-electron chi connectivity index (χ0n) is 13.6. The van der Waals surface area contributed by atoms with E-state index in [1.54, 1.807) is 25.3 Å². The van der Waals surface area contributed by atoms with E-state index in [1.165, 1.54) is 21.3 Å². The van der Waals surface area contributed by atoms with E-state index in [-0.39, 0.29) is 5.91 Å². The van der Waals surface area contributed by atoms with Crippen molar-refractivity contribution in [1.82, 2.24) is 4.98 Å². The second-order valence-corrected chi connectivity index (χ2v) is 4.82. The van der Waals surface area contributed by atoms with Gasteiger partial charge in [0.05, 0.1) is 27.0 Å². The van der Waals surface area contributed by atoms with Crippen LogP contribution in [0.2, 0.25) is 0 Å². The summed E-state index contributed by atoms with van der Waals surface area (Å²) >= 11 is 0. The Morgan fingerprint density at radius 2 is 1.83 bits per heavy atom. The van der Waals surface area contributed by atoms with Crippen molar-refractivity contribution < 1.29 is 23.4 Å². The predicted molar refractivity (Wildman–Crippen MR) is 84.3 cm³/mol. The number of carbonyl (C=O) groups is 1. The molecule has 7 nitrogen and oxygen atoms in total. The van der Waals surface area contributed by atoms with Crippen LogP contribution >= 0.6 is 0 Å². The van der Waals surface area contributed by atoms with Gasteiger partial charge in [0, 0.05) is 37.6 Å². The monoisotopic (exact) mass is 320 g/mol. The summed E-state index contributed by atoms with van der Waals surface area (Å²) in [5.74, 6) is 1.89. The highest BCUT2D eigenvalue weighted by atomic mass is 16.5. The van der Waals surface area contributed by atoms with Crippen LogP contribution in [0, 0.1) is 6.92 Å². The molecule has 1 amide bonds. The van der Waals surface area contributed by atoms with Gasteiger partial charge in [-0.15, -0.1) is 0 Å². The molecule has 7 heteroatoms. The van der Waals surface area contributed by atoms with Crippen LogP contribution in [0.15, 0.2) is 22.8 Å². The third-order valence-electron chi connectivity index (χ3n) is 3.22. The lowest BCUT2D eigenvalue weighted by Gasteiger charge is -2.14. The molecule has 0 saturated heterocycles. The summed E-state index contributed by atoms with van der Waals surface area (Å²) in [4.78, 5) is 16.2. The lowest BCUT2D eigenvalue weighted by atomic mass is 10.2. The number of rotatable bonds is 7. The number of ether oxygens (including phenoxy) is 3. The average molecular weight is 320 g/mol. The highest BCUT2D eigenvalue weighted by molar-refractivity contribution is 5.91. The number of carbonyl (C=O) groups excluding carboxylic acids is 1. The summed E-state index contributed by atoms with van der Waals surface area (Å²) in [6, 6.07) is 3.36. The fourth-order valence-electron chi connectivity index (χ4n) is 2.14. The molecule has 1 heterocycles. The van der Waals surface area contributed by atoms with Crippen LogP contribution in [-0.2, 0) is 11.2 Å².